The van der Waals surface area contributed by atoms with Crippen molar-refractivity contribution in [3.63, 3.8) is 0 Å². The molecule has 0 aromatic carbocycles. The molecule has 0 aliphatic heterocycles. The highest BCUT2D eigenvalue weighted by Gasteiger charge is 2.32. The maximum Gasteiger partial charge on any atom is 0.313 e. The first kappa shape index (κ1) is 18.0. The van der Waals surface area contributed by atoms with E-state index >= 15 is 0 Å². The SMILES string of the molecule is CC(C)c1nnc(SCC(=O)O)n1C(C)(C)CC(C)(C)C. The number of hydrogen-bond acceptors (Lipinski definition) is 4. The van der Waals surface area contributed by atoms with Gasteiger partial charge in [-0.25, -0.2) is 0 Å². The molecule has 1 rings (SSSR count). The first-order valence-corrected chi connectivity index (χ1v) is 8.23. The van der Waals surface area contributed by atoms with E-state index in [1.54, 1.807) is 0 Å². The van der Waals surface area contributed by atoms with E-state index in [4.69, 9.17) is 5.11 Å². The second kappa shape index (κ2) is 6.38. The van der Waals surface area contributed by atoms with Crippen LogP contribution in [0.5, 0.6) is 0 Å². The van der Waals surface area contributed by atoms with Crippen molar-refractivity contribution in [2.24, 2.45) is 5.41 Å². The summed E-state index contributed by atoms with van der Waals surface area (Å²) in [5.74, 6) is 0.323. The summed E-state index contributed by atoms with van der Waals surface area (Å²) in [5.41, 5.74) is -0.00105. The van der Waals surface area contributed by atoms with Crippen LogP contribution in [-0.2, 0) is 10.3 Å². The average molecular weight is 313 g/mol. The van der Waals surface area contributed by atoms with Gasteiger partial charge in [-0.1, -0.05) is 46.4 Å². The van der Waals surface area contributed by atoms with Crippen LogP contribution >= 0.6 is 11.8 Å². The van der Waals surface area contributed by atoms with E-state index in [1.807, 2.05) is 0 Å². The normalized spacial score (nSPS) is 13.0. The number of aliphatic carboxylic acids is 1. The minimum atomic E-state index is -0.839. The lowest BCUT2D eigenvalue weighted by molar-refractivity contribution is -0.133. The third-order valence-corrected chi connectivity index (χ3v) is 3.98. The van der Waals surface area contributed by atoms with Gasteiger partial charge in [-0.3, -0.25) is 4.79 Å². The number of rotatable bonds is 6. The van der Waals surface area contributed by atoms with Gasteiger partial charge in [-0.15, -0.1) is 10.2 Å². The van der Waals surface area contributed by atoms with Gasteiger partial charge in [-0.2, -0.15) is 0 Å². The fourth-order valence-electron chi connectivity index (χ4n) is 2.82. The molecular weight excluding hydrogens is 286 g/mol. The van der Waals surface area contributed by atoms with Crippen LogP contribution in [0.15, 0.2) is 5.16 Å². The van der Waals surface area contributed by atoms with E-state index in [0.717, 1.165) is 12.2 Å². The summed E-state index contributed by atoms with van der Waals surface area (Å²) in [5, 5.41) is 18.1. The molecule has 0 aliphatic rings. The van der Waals surface area contributed by atoms with Crippen molar-refractivity contribution in [3.05, 3.63) is 5.82 Å². The lowest BCUT2D eigenvalue weighted by Gasteiger charge is -2.35. The molecule has 5 nitrogen and oxygen atoms in total. The molecule has 6 heteroatoms. The molecule has 21 heavy (non-hydrogen) atoms. The number of hydrogen-bond donors (Lipinski definition) is 1. The van der Waals surface area contributed by atoms with Crippen molar-refractivity contribution >= 4 is 17.7 Å². The van der Waals surface area contributed by atoms with Crippen LogP contribution in [0, 0.1) is 5.41 Å². The maximum atomic E-state index is 10.8. The quantitative estimate of drug-likeness (QED) is 0.810. The molecule has 1 N–H and O–H groups in total. The number of thioether (sulfide) groups is 1. The minimum absolute atomic E-state index is 0.00181. The van der Waals surface area contributed by atoms with E-state index < -0.39 is 5.97 Å². The Hall–Kier alpha value is -1.04. The predicted octanol–water partition coefficient (Wildman–Crippen LogP) is 3.75. The zero-order valence-electron chi connectivity index (χ0n) is 14.1. The number of aromatic nitrogens is 3. The molecule has 0 bridgehead atoms. The number of carboxylic acid groups (broad SMARTS) is 1. The average Bonchev–Trinajstić information content (AvgIpc) is 2.67. The van der Waals surface area contributed by atoms with Gasteiger partial charge in [0.05, 0.1) is 5.75 Å². The van der Waals surface area contributed by atoms with Crippen LogP contribution in [0.2, 0.25) is 0 Å². The number of nitrogens with zero attached hydrogens (tertiary/aromatic N) is 3. The van der Waals surface area contributed by atoms with Crippen molar-refractivity contribution in [1.29, 1.82) is 0 Å². The fraction of sp³-hybridized carbons (Fsp3) is 0.800. The number of carboxylic acids is 1. The van der Waals surface area contributed by atoms with Crippen LogP contribution in [0.1, 0.15) is 66.6 Å². The second-order valence-electron chi connectivity index (χ2n) is 7.56. The van der Waals surface area contributed by atoms with Crippen molar-refractivity contribution in [2.45, 2.75) is 71.5 Å². The van der Waals surface area contributed by atoms with Crippen molar-refractivity contribution in [3.8, 4) is 0 Å². The Labute approximate surface area is 131 Å². The Morgan fingerprint density at radius 2 is 1.81 bits per heavy atom. The van der Waals surface area contributed by atoms with Gasteiger partial charge in [0.15, 0.2) is 5.16 Å². The summed E-state index contributed by atoms with van der Waals surface area (Å²) in [4.78, 5) is 10.8. The summed E-state index contributed by atoms with van der Waals surface area (Å²) < 4.78 is 2.12. The molecule has 0 saturated carbocycles. The third-order valence-electron chi connectivity index (χ3n) is 3.07. The highest BCUT2D eigenvalue weighted by molar-refractivity contribution is 7.99. The van der Waals surface area contributed by atoms with Crippen molar-refractivity contribution in [1.82, 2.24) is 14.8 Å². The van der Waals surface area contributed by atoms with E-state index in [1.165, 1.54) is 11.8 Å². The van der Waals surface area contributed by atoms with Gasteiger partial charge >= 0.3 is 5.97 Å². The fourth-order valence-corrected chi connectivity index (χ4v) is 3.64. The molecule has 0 fully saturated rings. The molecular formula is C15H27N3O2S. The smallest absolute Gasteiger partial charge is 0.313 e. The molecule has 1 aromatic heterocycles. The van der Waals surface area contributed by atoms with Crippen LogP contribution in [0.4, 0.5) is 0 Å². The van der Waals surface area contributed by atoms with Gasteiger partial charge in [0, 0.05) is 11.5 Å². The van der Waals surface area contributed by atoms with Gasteiger partial charge in [-0.05, 0) is 25.7 Å². The monoisotopic (exact) mass is 313 g/mol. The molecule has 1 heterocycles. The Kier molecular flexibility index (Phi) is 5.47. The van der Waals surface area contributed by atoms with Gasteiger partial charge in [0.2, 0.25) is 0 Å². The molecule has 0 spiro atoms. The van der Waals surface area contributed by atoms with E-state index in [2.05, 4.69) is 63.2 Å². The molecule has 0 saturated heterocycles. The molecule has 0 amide bonds. The largest absolute Gasteiger partial charge is 0.481 e. The molecule has 0 unspecified atom stereocenters. The van der Waals surface area contributed by atoms with E-state index in [-0.39, 0.29) is 22.6 Å². The first-order chi connectivity index (χ1) is 9.44. The third kappa shape index (κ3) is 5.02. The van der Waals surface area contributed by atoms with Crippen molar-refractivity contribution < 1.29 is 9.90 Å². The molecule has 120 valence electrons. The van der Waals surface area contributed by atoms with E-state index in [0.29, 0.717) is 5.16 Å². The van der Waals surface area contributed by atoms with Crippen LogP contribution in [0.25, 0.3) is 0 Å². The molecule has 0 aliphatic carbocycles. The summed E-state index contributed by atoms with van der Waals surface area (Å²) in [6, 6.07) is 0. The zero-order chi connectivity index (χ0) is 16.4. The second-order valence-corrected chi connectivity index (χ2v) is 8.51. The van der Waals surface area contributed by atoms with Crippen LogP contribution in [0.3, 0.4) is 0 Å². The minimum Gasteiger partial charge on any atom is -0.481 e. The topological polar surface area (TPSA) is 68.0 Å². The van der Waals surface area contributed by atoms with E-state index in [9.17, 15) is 4.79 Å². The Morgan fingerprint density at radius 1 is 1.24 bits per heavy atom. The molecule has 0 atom stereocenters. The Balaban J connectivity index is 3.22. The highest BCUT2D eigenvalue weighted by Crippen LogP contribution is 2.37. The standard InChI is InChI=1S/C15H27N3O2S/c1-10(2)12-16-17-13(21-8-11(19)20)18(12)15(6,7)9-14(3,4)5/h10H,8-9H2,1-7H3,(H,19,20). The van der Waals surface area contributed by atoms with Gasteiger partial charge in [0.1, 0.15) is 5.82 Å². The van der Waals surface area contributed by atoms with Gasteiger partial charge < -0.3 is 9.67 Å². The Morgan fingerprint density at radius 3 is 2.24 bits per heavy atom. The lowest BCUT2D eigenvalue weighted by Crippen LogP contribution is -2.33. The number of carbonyl (C=O) groups is 1. The summed E-state index contributed by atoms with van der Waals surface area (Å²) in [6.45, 7) is 15.1. The summed E-state index contributed by atoms with van der Waals surface area (Å²) in [6.07, 6.45) is 0.957. The lowest BCUT2D eigenvalue weighted by atomic mass is 9.81. The van der Waals surface area contributed by atoms with Crippen LogP contribution < -0.4 is 0 Å². The summed E-state index contributed by atoms with van der Waals surface area (Å²) >= 11 is 1.24. The first-order valence-electron chi connectivity index (χ1n) is 7.24. The maximum absolute atomic E-state index is 10.8. The molecule has 1 aromatic rings. The van der Waals surface area contributed by atoms with Crippen LogP contribution in [-0.4, -0.2) is 31.6 Å². The highest BCUT2D eigenvalue weighted by atomic mass is 32.2. The molecule has 0 radical (unpaired) electrons. The van der Waals surface area contributed by atoms with Crippen molar-refractivity contribution in [2.75, 3.05) is 5.75 Å². The summed E-state index contributed by atoms with van der Waals surface area (Å²) in [7, 11) is 0. The van der Waals surface area contributed by atoms with Gasteiger partial charge in [0.25, 0.3) is 0 Å². The predicted molar refractivity (Wildman–Crippen MR) is 85.9 cm³/mol. The Bertz CT molecular complexity index is 502. The zero-order valence-corrected chi connectivity index (χ0v) is 14.9.